The van der Waals surface area contributed by atoms with E-state index in [0.717, 1.165) is 51.4 Å². The van der Waals surface area contributed by atoms with E-state index >= 15 is 0 Å². The van der Waals surface area contributed by atoms with Gasteiger partial charge in [0.05, 0.1) is 5.75 Å². The van der Waals surface area contributed by atoms with Crippen LogP contribution in [0.1, 0.15) is 75.3 Å². The summed E-state index contributed by atoms with van der Waals surface area (Å²) >= 11 is 0. The molecule has 0 amide bonds. The Bertz CT molecular complexity index is 997. The van der Waals surface area contributed by atoms with Crippen LogP contribution in [0.2, 0.25) is 0 Å². The first kappa shape index (κ1) is 24.8. The van der Waals surface area contributed by atoms with Crippen molar-refractivity contribution in [3.63, 3.8) is 0 Å². The molecule has 3 rings (SSSR count). The molecule has 2 heterocycles. The highest BCUT2D eigenvalue weighted by Gasteiger charge is 2.22. The molecule has 2 aromatic rings. The van der Waals surface area contributed by atoms with Crippen LogP contribution in [-0.4, -0.2) is 48.2 Å². The van der Waals surface area contributed by atoms with E-state index in [1.54, 1.807) is 6.20 Å². The Labute approximate surface area is 193 Å². The number of likely N-dealkylation sites (tertiary alicyclic amines) is 1. The van der Waals surface area contributed by atoms with Crippen LogP contribution in [0.5, 0.6) is 0 Å². The Morgan fingerprint density at radius 2 is 1.91 bits per heavy atom. The zero-order chi connectivity index (χ0) is 23.0. The summed E-state index contributed by atoms with van der Waals surface area (Å²) in [7, 11) is -1.58. The predicted octanol–water partition coefficient (Wildman–Crippen LogP) is 5.11. The Morgan fingerprint density at radius 1 is 1.19 bits per heavy atom. The van der Waals surface area contributed by atoms with E-state index < -0.39 is 10.1 Å². The van der Waals surface area contributed by atoms with Gasteiger partial charge < -0.3 is 15.6 Å². The van der Waals surface area contributed by atoms with Gasteiger partial charge in [-0.25, -0.2) is 0 Å². The summed E-state index contributed by atoms with van der Waals surface area (Å²) < 4.78 is 30.2. The Hall–Kier alpha value is -1.83. The second-order valence-corrected chi connectivity index (χ2v) is 10.8. The minimum Gasteiger partial charge on any atom is -0.404 e. The van der Waals surface area contributed by atoms with Gasteiger partial charge in [-0.1, -0.05) is 38.2 Å². The summed E-state index contributed by atoms with van der Waals surface area (Å²) in [6, 6.07) is 7.26. The van der Waals surface area contributed by atoms with Gasteiger partial charge in [0.15, 0.2) is 0 Å². The van der Waals surface area contributed by atoms with Crippen LogP contribution < -0.4 is 5.73 Å². The maximum atomic E-state index is 10.7. The van der Waals surface area contributed by atoms with Crippen molar-refractivity contribution in [1.82, 2.24) is 9.88 Å². The topological polar surface area (TPSA) is 99.4 Å². The van der Waals surface area contributed by atoms with E-state index in [4.69, 9.17) is 10.3 Å². The van der Waals surface area contributed by atoms with Gasteiger partial charge in [0.2, 0.25) is 0 Å². The average Bonchev–Trinajstić information content (AvgIpc) is 3.35. The molecular weight excluding hydrogens is 422 g/mol. The molecule has 0 spiro atoms. The third-order valence-corrected chi connectivity index (χ3v) is 7.62. The van der Waals surface area contributed by atoms with Crippen molar-refractivity contribution < 1.29 is 13.0 Å². The molecule has 4 N–H and O–H groups in total. The molecular formula is C25H39N3O3S. The molecule has 0 aliphatic carbocycles. The molecule has 178 valence electrons. The van der Waals surface area contributed by atoms with E-state index in [0.29, 0.717) is 12.5 Å². The molecule has 1 aromatic heterocycles. The summed E-state index contributed by atoms with van der Waals surface area (Å²) in [6.07, 6.45) is 15.4. The lowest BCUT2D eigenvalue weighted by atomic mass is 9.96. The highest BCUT2D eigenvalue weighted by Crippen LogP contribution is 2.29. The van der Waals surface area contributed by atoms with Crippen molar-refractivity contribution in [2.45, 2.75) is 76.7 Å². The highest BCUT2D eigenvalue weighted by atomic mass is 32.2. The number of H-pyrrole nitrogens is 1. The molecule has 1 atom stereocenters. The number of hydrogen-bond donors (Lipinski definition) is 3. The molecule has 0 saturated carbocycles. The Balaban J connectivity index is 1.46. The maximum absolute atomic E-state index is 10.7. The van der Waals surface area contributed by atoms with Gasteiger partial charge in [0.1, 0.15) is 0 Å². The zero-order valence-electron chi connectivity index (χ0n) is 19.4. The lowest BCUT2D eigenvalue weighted by Crippen LogP contribution is -2.26. The molecule has 0 unspecified atom stereocenters. The van der Waals surface area contributed by atoms with Crippen LogP contribution in [-0.2, 0) is 16.5 Å². The van der Waals surface area contributed by atoms with E-state index in [-0.39, 0.29) is 5.75 Å². The SMILES string of the molecule is CN1CCC[C@@H]1Cc1c[nH]c2ccc(C(=CN)CCCCCCCCCS(=O)(=O)O)cc12. The average molecular weight is 462 g/mol. The van der Waals surface area contributed by atoms with Crippen molar-refractivity contribution in [2.75, 3.05) is 19.3 Å². The van der Waals surface area contributed by atoms with Gasteiger partial charge in [-0.05, 0) is 87.2 Å². The summed E-state index contributed by atoms with van der Waals surface area (Å²) in [6.45, 7) is 1.20. The number of nitrogens with one attached hydrogen (secondary N) is 1. The predicted molar refractivity (Wildman–Crippen MR) is 133 cm³/mol. The van der Waals surface area contributed by atoms with E-state index in [9.17, 15) is 8.42 Å². The lowest BCUT2D eigenvalue weighted by molar-refractivity contribution is 0.310. The number of likely N-dealkylation sites (N-methyl/N-ethyl adjacent to an activating group) is 1. The molecule has 1 saturated heterocycles. The molecule has 1 aliphatic rings. The smallest absolute Gasteiger partial charge is 0.264 e. The molecule has 0 radical (unpaired) electrons. The molecule has 32 heavy (non-hydrogen) atoms. The minimum absolute atomic E-state index is 0.123. The molecule has 1 aliphatic heterocycles. The van der Waals surface area contributed by atoms with E-state index in [1.807, 2.05) is 0 Å². The number of aromatic nitrogens is 1. The summed E-state index contributed by atoms with van der Waals surface area (Å²) in [5, 5.41) is 1.31. The largest absolute Gasteiger partial charge is 0.404 e. The second-order valence-electron chi connectivity index (χ2n) is 9.26. The Morgan fingerprint density at radius 3 is 2.56 bits per heavy atom. The number of nitrogens with zero attached hydrogens (tertiary/aromatic N) is 1. The lowest BCUT2D eigenvalue weighted by Gasteiger charge is -2.18. The van der Waals surface area contributed by atoms with Crippen molar-refractivity contribution in [1.29, 1.82) is 0 Å². The Kier molecular flexibility index (Phi) is 9.20. The van der Waals surface area contributed by atoms with Crippen molar-refractivity contribution in [3.8, 4) is 0 Å². The maximum Gasteiger partial charge on any atom is 0.264 e. The highest BCUT2D eigenvalue weighted by molar-refractivity contribution is 7.85. The van der Waals surface area contributed by atoms with Crippen LogP contribution in [0.25, 0.3) is 16.5 Å². The van der Waals surface area contributed by atoms with Gasteiger partial charge >= 0.3 is 0 Å². The van der Waals surface area contributed by atoms with Crippen LogP contribution in [0.3, 0.4) is 0 Å². The second kappa shape index (κ2) is 11.9. The summed E-state index contributed by atoms with van der Waals surface area (Å²) in [5.74, 6) is -0.123. The monoisotopic (exact) mass is 461 g/mol. The van der Waals surface area contributed by atoms with Gasteiger partial charge in [-0.3, -0.25) is 4.55 Å². The van der Waals surface area contributed by atoms with Crippen LogP contribution in [0, 0.1) is 0 Å². The standard InChI is InChI=1S/C25H39N3O3S/c1-28-14-9-11-23(28)16-22-19-27-25-13-12-20(17-24(22)25)21(18-26)10-7-5-3-2-4-6-8-15-32(29,30)31/h12-13,17-19,23,27H,2-11,14-16,26H2,1H3,(H,29,30,31)/t23-/m1/s1. The number of aromatic amines is 1. The van der Waals surface area contributed by atoms with Gasteiger partial charge in [0, 0.05) is 23.1 Å². The first-order valence-corrected chi connectivity index (χ1v) is 13.6. The van der Waals surface area contributed by atoms with Crippen molar-refractivity contribution in [3.05, 3.63) is 41.7 Å². The van der Waals surface area contributed by atoms with Gasteiger partial charge in [-0.15, -0.1) is 0 Å². The number of fused-ring (bicyclic) bond motifs is 1. The fourth-order valence-corrected chi connectivity index (χ4v) is 5.41. The third kappa shape index (κ3) is 7.36. The number of benzene rings is 1. The van der Waals surface area contributed by atoms with E-state index in [1.165, 1.54) is 47.0 Å². The first-order chi connectivity index (χ1) is 15.4. The van der Waals surface area contributed by atoms with Crippen molar-refractivity contribution in [2.24, 2.45) is 5.73 Å². The van der Waals surface area contributed by atoms with Crippen LogP contribution >= 0.6 is 0 Å². The fourth-order valence-electron chi connectivity index (χ4n) is 4.85. The van der Waals surface area contributed by atoms with Gasteiger partial charge in [-0.2, -0.15) is 8.42 Å². The zero-order valence-corrected chi connectivity index (χ0v) is 20.2. The van der Waals surface area contributed by atoms with Crippen LogP contribution in [0.4, 0.5) is 0 Å². The fraction of sp³-hybridized carbons (Fsp3) is 0.600. The van der Waals surface area contributed by atoms with Crippen LogP contribution in [0.15, 0.2) is 30.6 Å². The first-order valence-electron chi connectivity index (χ1n) is 12.0. The quantitative estimate of drug-likeness (QED) is 0.284. The summed E-state index contributed by atoms with van der Waals surface area (Å²) in [4.78, 5) is 5.91. The molecule has 6 nitrogen and oxygen atoms in total. The number of nitrogens with two attached hydrogens (primary N) is 1. The summed E-state index contributed by atoms with van der Waals surface area (Å²) in [5.41, 5.74) is 11.0. The number of rotatable bonds is 13. The minimum atomic E-state index is -3.81. The number of hydrogen-bond acceptors (Lipinski definition) is 4. The van der Waals surface area contributed by atoms with E-state index in [2.05, 4.69) is 41.3 Å². The molecule has 0 bridgehead atoms. The number of allylic oxidation sites excluding steroid dienone is 1. The van der Waals surface area contributed by atoms with Gasteiger partial charge in [0.25, 0.3) is 10.1 Å². The molecule has 1 aromatic carbocycles. The number of unbranched alkanes of at least 4 members (excludes halogenated alkanes) is 6. The normalized spacial score (nSPS) is 18.1. The van der Waals surface area contributed by atoms with Crippen molar-refractivity contribution >= 4 is 26.6 Å². The molecule has 7 heteroatoms. The third-order valence-electron chi connectivity index (χ3n) is 6.81. The molecule has 1 fully saturated rings.